The molecule has 1 amide bonds. The summed E-state index contributed by atoms with van der Waals surface area (Å²) in [5.74, 6) is -0.307. The van der Waals surface area contributed by atoms with Gasteiger partial charge in [0.25, 0.3) is 11.5 Å². The predicted octanol–water partition coefficient (Wildman–Crippen LogP) is 2.51. The molecule has 0 saturated heterocycles. The van der Waals surface area contributed by atoms with Gasteiger partial charge in [-0.05, 0) is 30.2 Å². The van der Waals surface area contributed by atoms with E-state index in [1.54, 1.807) is 36.4 Å². The fraction of sp³-hybridized carbons (Fsp3) is 0.211. The average molecular weight is 373 g/mol. The van der Waals surface area contributed by atoms with Gasteiger partial charge in [0.05, 0.1) is 5.39 Å². The summed E-state index contributed by atoms with van der Waals surface area (Å²) in [6.45, 7) is -2.54. The highest BCUT2D eigenvalue weighted by molar-refractivity contribution is 6.04. The highest BCUT2D eigenvalue weighted by Gasteiger charge is 2.15. The number of hydrogen-bond donors (Lipinski definition) is 1. The molecule has 0 bridgehead atoms. The Hall–Kier alpha value is -3.29. The molecule has 3 rings (SSSR count). The Kier molecular flexibility index (Phi) is 5.44. The highest BCUT2D eigenvalue weighted by atomic mass is 19.3. The number of ether oxygens (including phenoxy) is 1. The van der Waals surface area contributed by atoms with Gasteiger partial charge in [-0.2, -0.15) is 13.9 Å². The Morgan fingerprint density at radius 3 is 2.48 bits per heavy atom. The number of aryl methyl sites for hydroxylation is 1. The lowest BCUT2D eigenvalue weighted by Gasteiger charge is -2.09. The van der Waals surface area contributed by atoms with E-state index in [9.17, 15) is 18.4 Å². The smallest absolute Gasteiger partial charge is 0.387 e. The van der Waals surface area contributed by atoms with E-state index in [0.717, 1.165) is 10.2 Å². The number of rotatable bonds is 6. The van der Waals surface area contributed by atoms with Crippen LogP contribution in [0.1, 0.15) is 16.1 Å². The zero-order valence-electron chi connectivity index (χ0n) is 14.5. The third-order valence-electron chi connectivity index (χ3n) is 4.02. The Balaban J connectivity index is 1.67. The van der Waals surface area contributed by atoms with Crippen molar-refractivity contribution in [3.63, 3.8) is 0 Å². The van der Waals surface area contributed by atoms with Crippen molar-refractivity contribution in [2.45, 2.75) is 13.0 Å². The van der Waals surface area contributed by atoms with Crippen LogP contribution in [0.5, 0.6) is 5.75 Å². The standard InChI is InChI=1S/C19H17F2N3O3/c1-24-18(26)15-5-3-2-4-14(15)16(23-24)17(25)22-11-10-12-6-8-13(9-7-12)27-19(20)21/h2-9,19H,10-11H2,1H3,(H,22,25). The summed E-state index contributed by atoms with van der Waals surface area (Å²) in [4.78, 5) is 24.6. The quantitative estimate of drug-likeness (QED) is 0.721. The van der Waals surface area contributed by atoms with Crippen LogP contribution in [-0.4, -0.2) is 28.8 Å². The third kappa shape index (κ3) is 4.28. The maximum absolute atomic E-state index is 12.5. The number of hydrogen-bond acceptors (Lipinski definition) is 4. The van der Waals surface area contributed by atoms with Crippen molar-refractivity contribution in [2.24, 2.45) is 7.05 Å². The number of nitrogens with one attached hydrogen (secondary N) is 1. The minimum atomic E-state index is -2.86. The number of fused-ring (bicyclic) bond motifs is 1. The van der Waals surface area contributed by atoms with Crippen LogP contribution >= 0.6 is 0 Å². The van der Waals surface area contributed by atoms with E-state index in [4.69, 9.17) is 0 Å². The number of alkyl halides is 2. The van der Waals surface area contributed by atoms with Crippen LogP contribution < -0.4 is 15.6 Å². The lowest BCUT2D eigenvalue weighted by atomic mass is 10.1. The molecule has 0 fully saturated rings. The lowest BCUT2D eigenvalue weighted by Crippen LogP contribution is -2.30. The van der Waals surface area contributed by atoms with E-state index >= 15 is 0 Å². The van der Waals surface area contributed by atoms with Crippen LogP contribution in [0.3, 0.4) is 0 Å². The van der Waals surface area contributed by atoms with Crippen LogP contribution in [0.15, 0.2) is 53.3 Å². The molecule has 3 aromatic rings. The zero-order valence-corrected chi connectivity index (χ0v) is 14.5. The van der Waals surface area contributed by atoms with Gasteiger partial charge in [0, 0.05) is 19.0 Å². The molecule has 0 atom stereocenters. The van der Waals surface area contributed by atoms with E-state index in [1.807, 2.05) is 0 Å². The summed E-state index contributed by atoms with van der Waals surface area (Å²) < 4.78 is 29.7. The largest absolute Gasteiger partial charge is 0.435 e. The predicted molar refractivity (Wildman–Crippen MR) is 96.1 cm³/mol. The van der Waals surface area contributed by atoms with Gasteiger partial charge in [0.15, 0.2) is 5.69 Å². The second kappa shape index (κ2) is 7.94. The number of benzene rings is 2. The van der Waals surface area contributed by atoms with Crippen LogP contribution in [0.2, 0.25) is 0 Å². The first-order valence-corrected chi connectivity index (χ1v) is 8.23. The minimum Gasteiger partial charge on any atom is -0.435 e. The summed E-state index contributed by atoms with van der Waals surface area (Å²) >= 11 is 0. The average Bonchev–Trinajstić information content (AvgIpc) is 2.65. The third-order valence-corrected chi connectivity index (χ3v) is 4.02. The Labute approximate surface area is 153 Å². The normalized spacial score (nSPS) is 11.0. The molecule has 0 aliphatic rings. The zero-order chi connectivity index (χ0) is 19.4. The summed E-state index contributed by atoms with van der Waals surface area (Å²) in [7, 11) is 1.49. The highest BCUT2D eigenvalue weighted by Crippen LogP contribution is 2.15. The minimum absolute atomic E-state index is 0.0821. The van der Waals surface area contributed by atoms with Crippen LogP contribution in [-0.2, 0) is 13.5 Å². The lowest BCUT2D eigenvalue weighted by molar-refractivity contribution is -0.0498. The molecule has 0 unspecified atom stereocenters. The number of nitrogens with zero attached hydrogens (tertiary/aromatic N) is 2. The number of aromatic nitrogens is 2. The first-order chi connectivity index (χ1) is 13.0. The fourth-order valence-electron chi connectivity index (χ4n) is 2.71. The molecule has 8 heteroatoms. The molecule has 1 heterocycles. The van der Waals surface area contributed by atoms with Crippen LogP contribution in [0.4, 0.5) is 8.78 Å². The SMILES string of the molecule is Cn1nc(C(=O)NCCc2ccc(OC(F)F)cc2)c2ccccc2c1=O. The topological polar surface area (TPSA) is 73.2 Å². The van der Waals surface area contributed by atoms with Crippen molar-refractivity contribution in [3.8, 4) is 5.75 Å². The Morgan fingerprint density at radius 2 is 1.81 bits per heavy atom. The molecule has 27 heavy (non-hydrogen) atoms. The molecular weight excluding hydrogens is 356 g/mol. The number of carbonyl (C=O) groups excluding carboxylic acids is 1. The van der Waals surface area contributed by atoms with Crippen molar-refractivity contribution >= 4 is 16.7 Å². The fourth-order valence-corrected chi connectivity index (χ4v) is 2.71. The molecule has 140 valence electrons. The van der Waals surface area contributed by atoms with Crippen LogP contribution in [0.25, 0.3) is 10.8 Å². The second-order valence-electron chi connectivity index (χ2n) is 5.85. The molecule has 0 aliphatic carbocycles. The maximum atomic E-state index is 12.5. The summed E-state index contributed by atoms with van der Waals surface area (Å²) in [6.07, 6.45) is 0.504. The number of carbonyl (C=O) groups is 1. The van der Waals surface area contributed by atoms with Crippen molar-refractivity contribution in [1.29, 1.82) is 0 Å². The molecule has 1 N–H and O–H groups in total. The molecule has 2 aromatic carbocycles. The van der Waals surface area contributed by atoms with Gasteiger partial charge in [0.2, 0.25) is 0 Å². The monoisotopic (exact) mass is 373 g/mol. The van der Waals surface area contributed by atoms with Crippen molar-refractivity contribution < 1.29 is 18.3 Å². The molecule has 0 radical (unpaired) electrons. The van der Waals surface area contributed by atoms with Gasteiger partial charge in [-0.1, -0.05) is 30.3 Å². The van der Waals surface area contributed by atoms with E-state index in [2.05, 4.69) is 15.2 Å². The van der Waals surface area contributed by atoms with Gasteiger partial charge in [-0.3, -0.25) is 9.59 Å². The number of halogens is 2. The molecule has 6 nitrogen and oxygen atoms in total. The summed E-state index contributed by atoms with van der Waals surface area (Å²) in [5.41, 5.74) is 0.761. The van der Waals surface area contributed by atoms with Crippen molar-refractivity contribution in [1.82, 2.24) is 15.1 Å². The molecule has 0 aliphatic heterocycles. The first kappa shape index (κ1) is 18.5. The van der Waals surface area contributed by atoms with E-state index < -0.39 is 6.61 Å². The summed E-state index contributed by atoms with van der Waals surface area (Å²) in [5, 5.41) is 7.75. The van der Waals surface area contributed by atoms with E-state index in [-0.39, 0.29) is 22.9 Å². The molecule has 0 spiro atoms. The molecule has 1 aromatic heterocycles. The Bertz CT molecular complexity index is 1020. The molecular formula is C19H17F2N3O3. The second-order valence-corrected chi connectivity index (χ2v) is 5.85. The maximum Gasteiger partial charge on any atom is 0.387 e. The van der Waals surface area contributed by atoms with Crippen molar-refractivity contribution in [2.75, 3.05) is 6.54 Å². The number of amides is 1. The van der Waals surface area contributed by atoms with Gasteiger partial charge in [0.1, 0.15) is 5.75 Å². The first-order valence-electron chi connectivity index (χ1n) is 8.23. The van der Waals surface area contributed by atoms with E-state index in [0.29, 0.717) is 23.7 Å². The van der Waals surface area contributed by atoms with E-state index in [1.165, 1.54) is 19.2 Å². The van der Waals surface area contributed by atoms with Gasteiger partial charge in [-0.15, -0.1) is 0 Å². The molecule has 0 saturated carbocycles. The summed E-state index contributed by atoms with van der Waals surface area (Å²) in [6, 6.07) is 13.0. The van der Waals surface area contributed by atoms with Gasteiger partial charge in [-0.25, -0.2) is 4.68 Å². The van der Waals surface area contributed by atoms with Gasteiger partial charge >= 0.3 is 6.61 Å². The van der Waals surface area contributed by atoms with Crippen LogP contribution in [0, 0.1) is 0 Å². The Morgan fingerprint density at radius 1 is 1.15 bits per heavy atom. The van der Waals surface area contributed by atoms with Gasteiger partial charge < -0.3 is 10.1 Å². The van der Waals surface area contributed by atoms with Crippen molar-refractivity contribution in [3.05, 3.63) is 70.1 Å².